The van der Waals surface area contributed by atoms with Gasteiger partial charge in [-0.15, -0.1) is 0 Å². The summed E-state index contributed by atoms with van der Waals surface area (Å²) in [4.78, 5) is 24.4. The molecule has 0 bridgehead atoms. The third kappa shape index (κ3) is 4.77. The minimum Gasteiger partial charge on any atom is -0.454 e. The number of ether oxygens (including phenoxy) is 1. The van der Waals surface area contributed by atoms with E-state index in [-0.39, 0.29) is 22.8 Å². The Labute approximate surface area is 153 Å². The van der Waals surface area contributed by atoms with E-state index in [1.807, 2.05) is 26.0 Å². The molecule has 138 valence electrons. The van der Waals surface area contributed by atoms with Gasteiger partial charge in [-0.25, -0.2) is 17.9 Å². The molecule has 0 saturated heterocycles. The van der Waals surface area contributed by atoms with Crippen LogP contribution in [0.25, 0.3) is 0 Å². The Kier molecular flexibility index (Phi) is 6.28. The van der Waals surface area contributed by atoms with Crippen LogP contribution in [0.2, 0.25) is 0 Å². The normalized spacial score (nSPS) is 11.2. The molecule has 0 aliphatic carbocycles. The molecule has 0 saturated carbocycles. The van der Waals surface area contributed by atoms with Crippen LogP contribution in [0.3, 0.4) is 0 Å². The van der Waals surface area contributed by atoms with Gasteiger partial charge in [-0.2, -0.15) is 0 Å². The van der Waals surface area contributed by atoms with E-state index in [9.17, 15) is 18.0 Å². The minimum atomic E-state index is -3.68. The standard InChI is InChI=1S/C19H21NO5S/c1-4-20-26(23,24)16-7-5-6-15(11-16)19(22)25-12-18(21)17-10-13(2)8-9-14(17)3/h5-11,20H,4,12H2,1-3H3. The number of aryl methyl sites for hydroxylation is 2. The van der Waals surface area contributed by atoms with Crippen LogP contribution >= 0.6 is 0 Å². The summed E-state index contributed by atoms with van der Waals surface area (Å²) >= 11 is 0. The highest BCUT2D eigenvalue weighted by molar-refractivity contribution is 7.89. The molecule has 2 aromatic carbocycles. The number of carbonyl (C=O) groups is 2. The second-order valence-corrected chi connectivity index (χ2v) is 7.61. The van der Waals surface area contributed by atoms with Crippen molar-refractivity contribution in [2.75, 3.05) is 13.2 Å². The second-order valence-electron chi connectivity index (χ2n) is 5.85. The van der Waals surface area contributed by atoms with Crippen molar-refractivity contribution < 1.29 is 22.7 Å². The van der Waals surface area contributed by atoms with Gasteiger partial charge >= 0.3 is 5.97 Å². The van der Waals surface area contributed by atoms with Gasteiger partial charge in [0.2, 0.25) is 15.8 Å². The van der Waals surface area contributed by atoms with Gasteiger partial charge in [0.25, 0.3) is 0 Å². The third-order valence-electron chi connectivity index (χ3n) is 3.74. The summed E-state index contributed by atoms with van der Waals surface area (Å²) < 4.78 is 31.4. The van der Waals surface area contributed by atoms with E-state index in [1.54, 1.807) is 13.0 Å². The number of rotatable bonds is 7. The van der Waals surface area contributed by atoms with E-state index < -0.39 is 22.6 Å². The number of Topliss-reactive ketones (excluding diaryl/α,β-unsaturated/α-hetero) is 1. The van der Waals surface area contributed by atoms with Crippen molar-refractivity contribution in [2.24, 2.45) is 0 Å². The SMILES string of the molecule is CCNS(=O)(=O)c1cccc(C(=O)OCC(=O)c2cc(C)ccc2C)c1. The van der Waals surface area contributed by atoms with Crippen molar-refractivity contribution in [3.05, 3.63) is 64.7 Å². The Morgan fingerprint density at radius 1 is 1.08 bits per heavy atom. The summed E-state index contributed by atoms with van der Waals surface area (Å²) in [6.07, 6.45) is 0. The molecule has 0 aromatic heterocycles. The zero-order valence-corrected chi connectivity index (χ0v) is 15.7. The molecule has 0 heterocycles. The zero-order chi connectivity index (χ0) is 19.3. The van der Waals surface area contributed by atoms with Crippen molar-refractivity contribution in [1.29, 1.82) is 0 Å². The maximum Gasteiger partial charge on any atom is 0.338 e. The molecule has 26 heavy (non-hydrogen) atoms. The Bertz CT molecular complexity index is 935. The lowest BCUT2D eigenvalue weighted by Gasteiger charge is -2.09. The number of ketones is 1. The van der Waals surface area contributed by atoms with E-state index in [0.717, 1.165) is 11.1 Å². The summed E-state index contributed by atoms with van der Waals surface area (Å²) in [5.41, 5.74) is 2.31. The van der Waals surface area contributed by atoms with Gasteiger partial charge < -0.3 is 4.74 Å². The average Bonchev–Trinajstić information content (AvgIpc) is 2.61. The molecule has 6 nitrogen and oxygen atoms in total. The molecule has 7 heteroatoms. The van der Waals surface area contributed by atoms with Gasteiger partial charge in [0.1, 0.15) is 0 Å². The molecule has 0 aliphatic heterocycles. The van der Waals surface area contributed by atoms with Gasteiger partial charge in [0, 0.05) is 12.1 Å². The third-order valence-corrected chi connectivity index (χ3v) is 5.29. The molecular weight excluding hydrogens is 354 g/mol. The number of nitrogens with one attached hydrogen (secondary N) is 1. The van der Waals surface area contributed by atoms with E-state index in [1.165, 1.54) is 24.3 Å². The summed E-state index contributed by atoms with van der Waals surface area (Å²) in [5, 5.41) is 0. The number of carbonyl (C=O) groups excluding carboxylic acids is 2. The Morgan fingerprint density at radius 3 is 2.50 bits per heavy atom. The number of esters is 1. The molecule has 1 N–H and O–H groups in total. The number of hydrogen-bond acceptors (Lipinski definition) is 5. The smallest absolute Gasteiger partial charge is 0.338 e. The Morgan fingerprint density at radius 2 is 1.81 bits per heavy atom. The van der Waals surface area contributed by atoms with Crippen molar-refractivity contribution in [3.63, 3.8) is 0 Å². The van der Waals surface area contributed by atoms with Crippen LogP contribution < -0.4 is 4.72 Å². The van der Waals surface area contributed by atoms with E-state index in [4.69, 9.17) is 4.74 Å². The van der Waals surface area contributed by atoms with Crippen molar-refractivity contribution >= 4 is 21.8 Å². The van der Waals surface area contributed by atoms with Crippen LogP contribution in [0.1, 0.15) is 38.8 Å². The molecule has 0 atom stereocenters. The lowest BCUT2D eigenvalue weighted by Crippen LogP contribution is -2.23. The molecular formula is C19H21NO5S. The minimum absolute atomic E-state index is 0.0327. The maximum atomic E-state index is 12.3. The molecule has 0 aliphatic rings. The molecule has 0 radical (unpaired) electrons. The summed E-state index contributed by atoms with van der Waals surface area (Å²) in [6, 6.07) is 11.0. The van der Waals surface area contributed by atoms with Gasteiger partial charge in [-0.05, 0) is 43.7 Å². The fraction of sp³-hybridized carbons (Fsp3) is 0.263. The summed E-state index contributed by atoms with van der Waals surface area (Å²) in [5.74, 6) is -1.06. The number of hydrogen-bond donors (Lipinski definition) is 1. The topological polar surface area (TPSA) is 89.5 Å². The Hall–Kier alpha value is -2.51. The summed E-state index contributed by atoms with van der Waals surface area (Å²) in [6.45, 7) is 5.17. The molecule has 2 aromatic rings. The average molecular weight is 375 g/mol. The van der Waals surface area contributed by atoms with Crippen molar-refractivity contribution in [1.82, 2.24) is 4.72 Å². The monoisotopic (exact) mass is 375 g/mol. The molecule has 0 unspecified atom stereocenters. The second kappa shape index (κ2) is 8.25. The first-order valence-corrected chi connectivity index (χ1v) is 9.60. The van der Waals surface area contributed by atoms with Crippen LogP contribution in [0.15, 0.2) is 47.4 Å². The number of benzene rings is 2. The number of sulfonamides is 1. The fourth-order valence-electron chi connectivity index (χ4n) is 2.39. The lowest BCUT2D eigenvalue weighted by molar-refractivity contribution is 0.0474. The quantitative estimate of drug-likeness (QED) is 0.594. The lowest BCUT2D eigenvalue weighted by atomic mass is 10.0. The Balaban J connectivity index is 2.11. The van der Waals surface area contributed by atoms with Crippen LogP contribution in [-0.2, 0) is 14.8 Å². The fourth-order valence-corrected chi connectivity index (χ4v) is 3.48. The van der Waals surface area contributed by atoms with Crippen LogP contribution in [0, 0.1) is 13.8 Å². The van der Waals surface area contributed by atoms with Gasteiger partial charge in [0.15, 0.2) is 6.61 Å². The zero-order valence-electron chi connectivity index (χ0n) is 14.9. The van der Waals surface area contributed by atoms with Gasteiger partial charge in [0.05, 0.1) is 10.5 Å². The largest absolute Gasteiger partial charge is 0.454 e. The van der Waals surface area contributed by atoms with E-state index in [2.05, 4.69) is 4.72 Å². The first kappa shape index (κ1) is 19.8. The van der Waals surface area contributed by atoms with Crippen LogP contribution in [-0.4, -0.2) is 33.3 Å². The maximum absolute atomic E-state index is 12.3. The predicted octanol–water partition coefficient (Wildman–Crippen LogP) is 2.64. The first-order chi connectivity index (χ1) is 12.2. The van der Waals surface area contributed by atoms with Crippen LogP contribution in [0.4, 0.5) is 0 Å². The molecule has 2 rings (SSSR count). The van der Waals surface area contributed by atoms with Crippen molar-refractivity contribution in [2.45, 2.75) is 25.7 Å². The van der Waals surface area contributed by atoms with E-state index >= 15 is 0 Å². The summed E-state index contributed by atoms with van der Waals surface area (Å²) in [7, 11) is -3.68. The highest BCUT2D eigenvalue weighted by atomic mass is 32.2. The van der Waals surface area contributed by atoms with Gasteiger partial charge in [-0.3, -0.25) is 4.79 Å². The van der Waals surface area contributed by atoms with E-state index in [0.29, 0.717) is 5.56 Å². The molecule has 0 fully saturated rings. The van der Waals surface area contributed by atoms with Crippen LogP contribution in [0.5, 0.6) is 0 Å². The van der Waals surface area contributed by atoms with Crippen molar-refractivity contribution in [3.8, 4) is 0 Å². The van der Waals surface area contributed by atoms with Gasteiger partial charge in [-0.1, -0.05) is 30.7 Å². The molecule has 0 spiro atoms. The molecule has 0 amide bonds. The highest BCUT2D eigenvalue weighted by Crippen LogP contribution is 2.14. The predicted molar refractivity (Wildman–Crippen MR) is 97.8 cm³/mol. The first-order valence-electron chi connectivity index (χ1n) is 8.12. The highest BCUT2D eigenvalue weighted by Gasteiger charge is 2.17.